The van der Waals surface area contributed by atoms with E-state index in [1.165, 1.54) is 21.0 Å². The summed E-state index contributed by atoms with van der Waals surface area (Å²) in [5, 5.41) is 3.29. The molecule has 2 heterocycles. The van der Waals surface area contributed by atoms with Crippen LogP contribution in [0.4, 0.5) is 5.69 Å². The van der Waals surface area contributed by atoms with Gasteiger partial charge in [-0.15, -0.1) is 0 Å². The first-order valence-electron chi connectivity index (χ1n) is 10.2. The predicted octanol–water partition coefficient (Wildman–Crippen LogP) is 2.29. The maximum absolute atomic E-state index is 12.7. The first-order valence-corrected chi connectivity index (χ1v) is 11.6. The van der Waals surface area contributed by atoms with E-state index in [9.17, 15) is 18.0 Å². The van der Waals surface area contributed by atoms with E-state index >= 15 is 0 Å². The Morgan fingerprint density at radius 1 is 1.10 bits per heavy atom. The van der Waals surface area contributed by atoms with Crippen LogP contribution in [0.1, 0.15) is 25.1 Å². The molecular formula is C22H24N4O4S. The Hall–Kier alpha value is -3.04. The van der Waals surface area contributed by atoms with Gasteiger partial charge in [0.1, 0.15) is 5.82 Å². The van der Waals surface area contributed by atoms with E-state index in [0.717, 1.165) is 12.8 Å². The Balaban J connectivity index is 1.46. The Bertz CT molecular complexity index is 1290. The molecule has 1 fully saturated rings. The molecule has 0 aliphatic carbocycles. The lowest BCUT2D eigenvalue weighted by Crippen LogP contribution is -2.28. The molecule has 0 saturated carbocycles. The van der Waals surface area contributed by atoms with Gasteiger partial charge in [-0.3, -0.25) is 14.2 Å². The summed E-state index contributed by atoms with van der Waals surface area (Å²) in [4.78, 5) is 29.6. The number of carbonyl (C=O) groups is 1. The molecule has 9 heteroatoms. The van der Waals surface area contributed by atoms with Gasteiger partial charge in [0, 0.05) is 38.7 Å². The number of aromatic nitrogens is 2. The van der Waals surface area contributed by atoms with Crippen molar-refractivity contribution in [3.05, 3.63) is 64.7 Å². The van der Waals surface area contributed by atoms with Crippen LogP contribution in [-0.4, -0.2) is 41.3 Å². The number of sulfonamides is 1. The Morgan fingerprint density at radius 3 is 2.61 bits per heavy atom. The van der Waals surface area contributed by atoms with Crippen LogP contribution < -0.4 is 10.9 Å². The second-order valence-electron chi connectivity index (χ2n) is 7.60. The summed E-state index contributed by atoms with van der Waals surface area (Å²) < 4.78 is 28.4. The molecule has 1 amide bonds. The standard InChI is InChI=1S/C22H24N4O4S/c1-25-20(24-19-10-3-2-9-18(19)22(25)28)11-12-21(27)23-16-7-6-8-17(15-16)31(29,30)26-13-4-5-14-26/h2-3,6-10,15H,4-5,11-14H2,1H3,(H,23,27). The van der Waals surface area contributed by atoms with Crippen molar-refractivity contribution < 1.29 is 13.2 Å². The molecule has 0 spiro atoms. The van der Waals surface area contributed by atoms with Crippen LogP contribution in [0, 0.1) is 0 Å². The van der Waals surface area contributed by atoms with E-state index in [1.807, 2.05) is 6.07 Å². The summed E-state index contributed by atoms with van der Waals surface area (Å²) in [6.45, 7) is 1.05. The highest BCUT2D eigenvalue weighted by Crippen LogP contribution is 2.23. The number of anilines is 1. The first kappa shape index (κ1) is 21.2. The van der Waals surface area contributed by atoms with E-state index in [2.05, 4.69) is 10.3 Å². The average molecular weight is 441 g/mol. The monoisotopic (exact) mass is 440 g/mol. The van der Waals surface area contributed by atoms with Gasteiger partial charge in [0.15, 0.2) is 0 Å². The number of para-hydroxylation sites is 1. The van der Waals surface area contributed by atoms with Crippen molar-refractivity contribution >= 4 is 32.5 Å². The molecule has 31 heavy (non-hydrogen) atoms. The minimum atomic E-state index is -3.55. The van der Waals surface area contributed by atoms with Gasteiger partial charge in [0.25, 0.3) is 5.56 Å². The average Bonchev–Trinajstić information content (AvgIpc) is 3.31. The molecule has 1 aliphatic heterocycles. The molecular weight excluding hydrogens is 416 g/mol. The summed E-state index contributed by atoms with van der Waals surface area (Å²) in [6, 6.07) is 13.4. The Labute approximate surface area is 180 Å². The fourth-order valence-corrected chi connectivity index (χ4v) is 5.31. The summed E-state index contributed by atoms with van der Waals surface area (Å²) >= 11 is 0. The number of benzene rings is 2. The number of hydrogen-bond donors (Lipinski definition) is 1. The minimum Gasteiger partial charge on any atom is -0.326 e. The van der Waals surface area contributed by atoms with E-state index in [-0.39, 0.29) is 29.2 Å². The van der Waals surface area contributed by atoms with E-state index in [0.29, 0.717) is 35.5 Å². The van der Waals surface area contributed by atoms with Crippen molar-refractivity contribution in [2.45, 2.75) is 30.6 Å². The number of amides is 1. The molecule has 1 aliphatic rings. The predicted molar refractivity (Wildman–Crippen MR) is 118 cm³/mol. The van der Waals surface area contributed by atoms with Crippen LogP contribution in [0.5, 0.6) is 0 Å². The molecule has 0 unspecified atom stereocenters. The first-order chi connectivity index (χ1) is 14.9. The van der Waals surface area contributed by atoms with E-state index in [1.54, 1.807) is 37.4 Å². The summed E-state index contributed by atoms with van der Waals surface area (Å²) in [7, 11) is -1.91. The quantitative estimate of drug-likeness (QED) is 0.634. The second-order valence-corrected chi connectivity index (χ2v) is 9.53. The van der Waals surface area contributed by atoms with Crippen LogP contribution in [0.25, 0.3) is 10.9 Å². The lowest BCUT2D eigenvalue weighted by atomic mass is 10.2. The molecule has 1 saturated heterocycles. The van der Waals surface area contributed by atoms with Gasteiger partial charge in [0.05, 0.1) is 15.8 Å². The van der Waals surface area contributed by atoms with Gasteiger partial charge < -0.3 is 5.32 Å². The highest BCUT2D eigenvalue weighted by Gasteiger charge is 2.27. The van der Waals surface area contributed by atoms with Gasteiger partial charge >= 0.3 is 0 Å². The van der Waals surface area contributed by atoms with E-state index in [4.69, 9.17) is 0 Å². The van der Waals surface area contributed by atoms with Crippen molar-refractivity contribution in [1.29, 1.82) is 0 Å². The highest BCUT2D eigenvalue weighted by molar-refractivity contribution is 7.89. The summed E-state index contributed by atoms with van der Waals surface area (Å²) in [6.07, 6.45) is 2.12. The van der Waals surface area contributed by atoms with Gasteiger partial charge in [-0.1, -0.05) is 18.2 Å². The maximum Gasteiger partial charge on any atom is 0.261 e. The van der Waals surface area contributed by atoms with E-state index < -0.39 is 10.0 Å². The molecule has 4 rings (SSSR count). The van der Waals surface area contributed by atoms with Crippen molar-refractivity contribution in [1.82, 2.24) is 13.9 Å². The maximum atomic E-state index is 12.7. The minimum absolute atomic E-state index is 0.113. The lowest BCUT2D eigenvalue weighted by molar-refractivity contribution is -0.116. The SMILES string of the molecule is Cn1c(CCC(=O)Nc2cccc(S(=O)(=O)N3CCCC3)c2)nc2ccccc2c1=O. The number of carbonyl (C=O) groups excluding carboxylic acids is 1. The second kappa shape index (κ2) is 8.60. The van der Waals surface area contributed by atoms with Crippen LogP contribution >= 0.6 is 0 Å². The molecule has 162 valence electrons. The van der Waals surface area contributed by atoms with Crippen LogP contribution in [0.2, 0.25) is 0 Å². The number of fused-ring (bicyclic) bond motifs is 1. The fraction of sp³-hybridized carbons (Fsp3) is 0.318. The zero-order valence-corrected chi connectivity index (χ0v) is 18.1. The van der Waals surface area contributed by atoms with Gasteiger partial charge in [0.2, 0.25) is 15.9 Å². The van der Waals surface area contributed by atoms with Crippen molar-refractivity contribution in [3.8, 4) is 0 Å². The zero-order valence-electron chi connectivity index (χ0n) is 17.2. The van der Waals surface area contributed by atoms with Gasteiger partial charge in [-0.25, -0.2) is 13.4 Å². The third kappa shape index (κ3) is 4.38. The van der Waals surface area contributed by atoms with Crippen molar-refractivity contribution in [2.75, 3.05) is 18.4 Å². The third-order valence-electron chi connectivity index (χ3n) is 5.47. The molecule has 8 nitrogen and oxygen atoms in total. The van der Waals surface area contributed by atoms with Crippen LogP contribution in [0.15, 0.2) is 58.2 Å². The van der Waals surface area contributed by atoms with Crippen molar-refractivity contribution in [3.63, 3.8) is 0 Å². The number of rotatable bonds is 6. The molecule has 2 aromatic carbocycles. The lowest BCUT2D eigenvalue weighted by Gasteiger charge is -2.16. The third-order valence-corrected chi connectivity index (χ3v) is 7.37. The summed E-state index contributed by atoms with van der Waals surface area (Å²) in [5.41, 5.74) is 0.868. The molecule has 1 N–H and O–H groups in total. The van der Waals surface area contributed by atoms with Crippen LogP contribution in [-0.2, 0) is 28.3 Å². The number of aryl methyl sites for hydroxylation is 1. The Morgan fingerprint density at radius 2 is 1.84 bits per heavy atom. The van der Waals surface area contributed by atoms with Crippen LogP contribution in [0.3, 0.4) is 0 Å². The van der Waals surface area contributed by atoms with Gasteiger partial charge in [-0.2, -0.15) is 4.31 Å². The normalized spacial score (nSPS) is 14.7. The highest BCUT2D eigenvalue weighted by atomic mass is 32.2. The smallest absolute Gasteiger partial charge is 0.261 e. The number of nitrogens with zero attached hydrogens (tertiary/aromatic N) is 3. The largest absolute Gasteiger partial charge is 0.326 e. The van der Waals surface area contributed by atoms with Gasteiger partial charge in [-0.05, 0) is 43.2 Å². The number of hydrogen-bond acceptors (Lipinski definition) is 5. The zero-order chi connectivity index (χ0) is 22.0. The molecule has 1 aromatic heterocycles. The molecule has 0 radical (unpaired) electrons. The number of nitrogens with one attached hydrogen (secondary N) is 1. The summed E-state index contributed by atoms with van der Waals surface area (Å²) in [5.74, 6) is 0.238. The topological polar surface area (TPSA) is 101 Å². The molecule has 3 aromatic rings. The fourth-order valence-electron chi connectivity index (χ4n) is 3.75. The molecule has 0 bridgehead atoms. The molecule has 0 atom stereocenters. The van der Waals surface area contributed by atoms with Crippen molar-refractivity contribution in [2.24, 2.45) is 7.05 Å². The Kier molecular flexibility index (Phi) is 5.88.